The van der Waals surface area contributed by atoms with Crippen LogP contribution in [0, 0.1) is 11.6 Å². The van der Waals surface area contributed by atoms with Gasteiger partial charge in [-0.3, -0.25) is 4.79 Å². The molecule has 1 aliphatic rings. The number of carbonyl (C=O) groups is 2. The highest BCUT2D eigenvalue weighted by molar-refractivity contribution is 6.40. The Kier molecular flexibility index (Phi) is 3.18. The third kappa shape index (κ3) is 2.01. The Hall–Kier alpha value is -2.11. The highest BCUT2D eigenvalue weighted by Crippen LogP contribution is 2.22. The van der Waals surface area contributed by atoms with Gasteiger partial charge in [0.2, 0.25) is 0 Å². The van der Waals surface area contributed by atoms with Crippen LogP contribution >= 0.6 is 0 Å². The predicted molar refractivity (Wildman–Crippen MR) is 58.5 cm³/mol. The lowest BCUT2D eigenvalue weighted by Gasteiger charge is -2.14. The molecular formula is C12H9F2NO3. The summed E-state index contributed by atoms with van der Waals surface area (Å²) >= 11 is 0. The van der Waals surface area contributed by atoms with Crippen LogP contribution in [0.5, 0.6) is 0 Å². The summed E-state index contributed by atoms with van der Waals surface area (Å²) in [4.78, 5) is 26.4. The zero-order chi connectivity index (χ0) is 13.3. The van der Waals surface area contributed by atoms with Gasteiger partial charge >= 0.3 is 5.97 Å². The Morgan fingerprint density at radius 2 is 2.17 bits per heavy atom. The highest BCUT2D eigenvalue weighted by atomic mass is 19.2. The van der Waals surface area contributed by atoms with Crippen LogP contribution in [-0.4, -0.2) is 24.2 Å². The SMILES string of the molecule is CCOC(=O)C1=NC(=O)c2c(ccc(F)c2F)C1. The molecule has 0 N–H and O–H groups in total. The van der Waals surface area contributed by atoms with E-state index in [1.165, 1.54) is 6.07 Å². The van der Waals surface area contributed by atoms with Crippen LogP contribution < -0.4 is 0 Å². The largest absolute Gasteiger partial charge is 0.461 e. The van der Waals surface area contributed by atoms with Crippen molar-refractivity contribution in [2.24, 2.45) is 4.99 Å². The summed E-state index contributed by atoms with van der Waals surface area (Å²) in [6.45, 7) is 1.77. The molecule has 0 bridgehead atoms. The molecule has 0 aromatic heterocycles. The van der Waals surface area contributed by atoms with Crippen molar-refractivity contribution in [2.45, 2.75) is 13.3 Å². The standard InChI is InChI=1S/C12H9F2NO3/c1-2-18-12(17)8-5-6-3-4-7(13)10(14)9(6)11(16)15-8/h3-4H,2,5H2,1H3. The minimum Gasteiger partial charge on any atom is -0.461 e. The van der Waals surface area contributed by atoms with E-state index in [4.69, 9.17) is 4.74 Å². The number of nitrogens with zero attached hydrogens (tertiary/aromatic N) is 1. The highest BCUT2D eigenvalue weighted by Gasteiger charge is 2.28. The quantitative estimate of drug-likeness (QED) is 0.753. The Bertz CT molecular complexity index is 567. The first-order chi connectivity index (χ1) is 8.54. The first-order valence-electron chi connectivity index (χ1n) is 5.30. The van der Waals surface area contributed by atoms with E-state index in [1.54, 1.807) is 6.92 Å². The van der Waals surface area contributed by atoms with E-state index >= 15 is 0 Å². The van der Waals surface area contributed by atoms with Crippen LogP contribution in [0.25, 0.3) is 0 Å². The Labute approximate surface area is 101 Å². The van der Waals surface area contributed by atoms with Gasteiger partial charge in [-0.05, 0) is 18.6 Å². The minimum atomic E-state index is -1.23. The fraction of sp³-hybridized carbons (Fsp3) is 0.250. The molecule has 1 aromatic carbocycles. The summed E-state index contributed by atoms with van der Waals surface area (Å²) in [5.41, 5.74) is -0.277. The van der Waals surface area contributed by atoms with Crippen LogP contribution in [0.4, 0.5) is 8.78 Å². The van der Waals surface area contributed by atoms with E-state index < -0.39 is 29.1 Å². The Morgan fingerprint density at radius 3 is 2.83 bits per heavy atom. The van der Waals surface area contributed by atoms with Gasteiger partial charge in [0.15, 0.2) is 11.6 Å². The van der Waals surface area contributed by atoms with E-state index in [9.17, 15) is 18.4 Å². The van der Waals surface area contributed by atoms with Crippen LogP contribution in [0.15, 0.2) is 17.1 Å². The second-order valence-corrected chi connectivity index (χ2v) is 3.66. The molecule has 1 heterocycles. The fourth-order valence-electron chi connectivity index (χ4n) is 1.70. The Morgan fingerprint density at radius 1 is 1.44 bits per heavy atom. The number of rotatable bonds is 2. The van der Waals surface area contributed by atoms with Crippen LogP contribution in [0.2, 0.25) is 0 Å². The zero-order valence-corrected chi connectivity index (χ0v) is 9.50. The lowest BCUT2D eigenvalue weighted by molar-refractivity contribution is -0.135. The summed E-state index contributed by atoms with van der Waals surface area (Å²) in [5.74, 6) is -4.03. The minimum absolute atomic E-state index is 0.0445. The van der Waals surface area contributed by atoms with Crippen molar-refractivity contribution in [1.29, 1.82) is 0 Å². The van der Waals surface area contributed by atoms with Crippen molar-refractivity contribution in [3.05, 3.63) is 34.9 Å². The first kappa shape index (κ1) is 12.3. The molecule has 0 aliphatic carbocycles. The van der Waals surface area contributed by atoms with Crippen LogP contribution in [-0.2, 0) is 16.0 Å². The van der Waals surface area contributed by atoms with E-state index in [2.05, 4.69) is 4.99 Å². The number of carbonyl (C=O) groups excluding carboxylic acids is 2. The van der Waals surface area contributed by atoms with Crippen molar-refractivity contribution in [3.8, 4) is 0 Å². The third-order valence-electron chi connectivity index (χ3n) is 2.50. The van der Waals surface area contributed by atoms with E-state index in [0.29, 0.717) is 0 Å². The maximum absolute atomic E-state index is 13.4. The number of ether oxygens (including phenoxy) is 1. The van der Waals surface area contributed by atoms with Crippen molar-refractivity contribution in [3.63, 3.8) is 0 Å². The molecule has 1 aliphatic heterocycles. The number of amides is 1. The monoisotopic (exact) mass is 253 g/mol. The molecule has 0 unspecified atom stereocenters. The number of halogens is 2. The summed E-state index contributed by atoms with van der Waals surface area (Å²) in [5, 5.41) is 0. The molecule has 0 fully saturated rings. The average Bonchev–Trinajstić information content (AvgIpc) is 2.33. The van der Waals surface area contributed by atoms with Gasteiger partial charge in [-0.1, -0.05) is 6.07 Å². The molecule has 18 heavy (non-hydrogen) atoms. The first-order valence-corrected chi connectivity index (χ1v) is 5.30. The van der Waals surface area contributed by atoms with Gasteiger partial charge in [-0.2, -0.15) is 0 Å². The number of fused-ring (bicyclic) bond motifs is 1. The molecule has 0 saturated heterocycles. The van der Waals surface area contributed by atoms with Crippen molar-refractivity contribution in [1.82, 2.24) is 0 Å². The molecule has 0 atom stereocenters. The Balaban J connectivity index is 2.41. The average molecular weight is 253 g/mol. The lowest BCUT2D eigenvalue weighted by Crippen LogP contribution is -2.26. The van der Waals surface area contributed by atoms with Crippen molar-refractivity contribution in [2.75, 3.05) is 6.61 Å². The molecule has 1 aromatic rings. The van der Waals surface area contributed by atoms with Gasteiger partial charge in [0.05, 0.1) is 12.2 Å². The molecule has 4 nitrogen and oxygen atoms in total. The van der Waals surface area contributed by atoms with Crippen molar-refractivity contribution < 1.29 is 23.1 Å². The summed E-state index contributed by atoms with van der Waals surface area (Å²) in [6.07, 6.45) is -0.0445. The molecule has 6 heteroatoms. The number of benzene rings is 1. The zero-order valence-electron chi connectivity index (χ0n) is 9.50. The fourth-order valence-corrected chi connectivity index (χ4v) is 1.70. The summed E-state index contributed by atoms with van der Waals surface area (Å²) in [6, 6.07) is 2.18. The topological polar surface area (TPSA) is 55.7 Å². The van der Waals surface area contributed by atoms with Gasteiger partial charge < -0.3 is 4.74 Å². The molecule has 1 amide bonds. The molecule has 0 spiro atoms. The number of esters is 1. The smallest absolute Gasteiger partial charge is 0.353 e. The summed E-state index contributed by atoms with van der Waals surface area (Å²) < 4.78 is 31.1. The van der Waals surface area contributed by atoms with Crippen molar-refractivity contribution >= 4 is 17.6 Å². The maximum atomic E-state index is 13.4. The van der Waals surface area contributed by atoms with Gasteiger partial charge in [-0.15, -0.1) is 0 Å². The van der Waals surface area contributed by atoms with Gasteiger partial charge in [0.1, 0.15) is 5.71 Å². The normalized spacial score (nSPS) is 13.9. The number of aliphatic imine (C=N–C) groups is 1. The predicted octanol–water partition coefficient (Wildman–Crippen LogP) is 1.67. The van der Waals surface area contributed by atoms with Gasteiger partial charge in [-0.25, -0.2) is 18.6 Å². The van der Waals surface area contributed by atoms with Crippen LogP contribution in [0.1, 0.15) is 22.8 Å². The van der Waals surface area contributed by atoms with Crippen LogP contribution in [0.3, 0.4) is 0 Å². The number of hydrogen-bond donors (Lipinski definition) is 0. The maximum Gasteiger partial charge on any atom is 0.353 e. The molecule has 2 rings (SSSR count). The summed E-state index contributed by atoms with van der Waals surface area (Å²) in [7, 11) is 0. The van der Waals surface area contributed by atoms with E-state index in [-0.39, 0.29) is 24.3 Å². The molecular weight excluding hydrogens is 244 g/mol. The molecule has 94 valence electrons. The van der Waals surface area contributed by atoms with E-state index in [0.717, 1.165) is 6.07 Å². The van der Waals surface area contributed by atoms with Gasteiger partial charge in [0.25, 0.3) is 5.91 Å². The second-order valence-electron chi connectivity index (χ2n) is 3.66. The number of hydrogen-bond acceptors (Lipinski definition) is 3. The second kappa shape index (κ2) is 4.64. The van der Waals surface area contributed by atoms with Gasteiger partial charge in [0, 0.05) is 6.42 Å². The third-order valence-corrected chi connectivity index (χ3v) is 2.50. The molecule has 0 saturated carbocycles. The lowest BCUT2D eigenvalue weighted by atomic mass is 9.97. The molecule has 0 radical (unpaired) electrons. The van der Waals surface area contributed by atoms with E-state index in [1.807, 2.05) is 0 Å².